The van der Waals surface area contributed by atoms with Crippen LogP contribution in [0.2, 0.25) is 0 Å². The molecule has 1 aromatic rings. The van der Waals surface area contributed by atoms with E-state index in [1.807, 2.05) is 6.20 Å². The van der Waals surface area contributed by atoms with E-state index >= 15 is 0 Å². The van der Waals surface area contributed by atoms with Crippen LogP contribution in [0.25, 0.3) is 0 Å². The summed E-state index contributed by atoms with van der Waals surface area (Å²) in [5.74, 6) is 1.55. The van der Waals surface area contributed by atoms with Gasteiger partial charge in [0, 0.05) is 17.8 Å². The van der Waals surface area contributed by atoms with Crippen LogP contribution < -0.4 is 5.73 Å². The number of aromatic nitrogens is 2. The van der Waals surface area contributed by atoms with Crippen LogP contribution in [0, 0.1) is 0 Å². The van der Waals surface area contributed by atoms with Crippen molar-refractivity contribution in [2.75, 3.05) is 0 Å². The third-order valence-electron chi connectivity index (χ3n) is 4.64. The lowest BCUT2D eigenvalue weighted by molar-refractivity contribution is 0.286. The van der Waals surface area contributed by atoms with Crippen LogP contribution in [-0.4, -0.2) is 9.97 Å². The number of hydrogen-bond donors (Lipinski definition) is 1. The van der Waals surface area contributed by atoms with Gasteiger partial charge in [-0.25, -0.2) is 9.97 Å². The summed E-state index contributed by atoms with van der Waals surface area (Å²) in [6, 6.07) is 2.09. The number of hydrogen-bond acceptors (Lipinski definition) is 3. The van der Waals surface area contributed by atoms with Crippen LogP contribution in [0.15, 0.2) is 12.3 Å². The maximum absolute atomic E-state index is 6.52. The number of nitrogens with two attached hydrogens (primary N) is 1. The predicted molar refractivity (Wildman–Crippen MR) is 72.2 cm³/mol. The number of nitrogens with zero attached hydrogens (tertiary/aromatic N) is 2. The molecule has 0 radical (unpaired) electrons. The first-order valence-electron chi connectivity index (χ1n) is 7.40. The highest BCUT2D eigenvalue weighted by molar-refractivity contribution is 5.15. The smallest absolute Gasteiger partial charge is 0.148 e. The fraction of sp³-hybridized carbons (Fsp3) is 0.733. The summed E-state index contributed by atoms with van der Waals surface area (Å²) in [5, 5.41) is 0. The second-order valence-electron chi connectivity index (χ2n) is 6.00. The molecule has 0 saturated heterocycles. The third kappa shape index (κ3) is 2.28. The second-order valence-corrected chi connectivity index (χ2v) is 6.00. The normalized spacial score (nSPS) is 24.3. The molecule has 2 N–H and O–H groups in total. The first kappa shape index (κ1) is 12.1. The van der Waals surface area contributed by atoms with Crippen molar-refractivity contribution in [1.82, 2.24) is 9.97 Å². The van der Waals surface area contributed by atoms with Crippen molar-refractivity contribution < 1.29 is 0 Å². The molecule has 0 aromatic carbocycles. The summed E-state index contributed by atoms with van der Waals surface area (Å²) in [4.78, 5) is 9.28. The maximum atomic E-state index is 6.52. The summed E-state index contributed by atoms with van der Waals surface area (Å²) in [6.07, 6.45) is 13.0. The molecule has 98 valence electrons. The summed E-state index contributed by atoms with van der Waals surface area (Å²) >= 11 is 0. The lowest BCUT2D eigenvalue weighted by Gasteiger charge is -2.32. The minimum atomic E-state index is -0.257. The van der Waals surface area contributed by atoms with Crippen LogP contribution in [0.3, 0.4) is 0 Å². The van der Waals surface area contributed by atoms with Gasteiger partial charge in [-0.3, -0.25) is 0 Å². The third-order valence-corrected chi connectivity index (χ3v) is 4.64. The van der Waals surface area contributed by atoms with E-state index in [0.29, 0.717) is 5.92 Å². The highest BCUT2D eigenvalue weighted by Crippen LogP contribution is 2.36. The molecule has 0 unspecified atom stereocenters. The van der Waals surface area contributed by atoms with E-state index in [-0.39, 0.29) is 5.54 Å². The highest BCUT2D eigenvalue weighted by atomic mass is 15.0. The highest BCUT2D eigenvalue weighted by Gasteiger charge is 2.33. The molecule has 0 spiro atoms. The Morgan fingerprint density at radius 1 is 1.06 bits per heavy atom. The Labute approximate surface area is 109 Å². The van der Waals surface area contributed by atoms with Gasteiger partial charge >= 0.3 is 0 Å². The zero-order chi connectivity index (χ0) is 12.4. The van der Waals surface area contributed by atoms with Gasteiger partial charge in [-0.15, -0.1) is 0 Å². The minimum Gasteiger partial charge on any atom is -0.319 e. The summed E-state index contributed by atoms with van der Waals surface area (Å²) in [6.45, 7) is 0. The van der Waals surface area contributed by atoms with Crippen LogP contribution in [0.4, 0.5) is 0 Å². The van der Waals surface area contributed by atoms with Crippen LogP contribution in [0.5, 0.6) is 0 Å². The van der Waals surface area contributed by atoms with Crippen molar-refractivity contribution in [1.29, 1.82) is 0 Å². The Morgan fingerprint density at radius 2 is 1.78 bits per heavy atom. The Balaban J connectivity index is 1.85. The first-order valence-corrected chi connectivity index (χ1v) is 7.40. The molecule has 2 aliphatic rings. The molecular weight excluding hydrogens is 222 g/mol. The van der Waals surface area contributed by atoms with Crippen molar-refractivity contribution in [2.24, 2.45) is 5.73 Å². The Bertz CT molecular complexity index is 404. The molecule has 18 heavy (non-hydrogen) atoms. The van der Waals surface area contributed by atoms with Gasteiger partial charge in [0.25, 0.3) is 0 Å². The topological polar surface area (TPSA) is 51.8 Å². The largest absolute Gasteiger partial charge is 0.319 e. The van der Waals surface area contributed by atoms with E-state index in [1.54, 1.807) is 0 Å². The average molecular weight is 245 g/mol. The van der Waals surface area contributed by atoms with E-state index < -0.39 is 0 Å². The van der Waals surface area contributed by atoms with E-state index in [4.69, 9.17) is 10.7 Å². The van der Waals surface area contributed by atoms with Crippen LogP contribution in [0.1, 0.15) is 75.2 Å². The van der Waals surface area contributed by atoms with Gasteiger partial charge in [0.05, 0.1) is 5.54 Å². The van der Waals surface area contributed by atoms with Gasteiger partial charge in [-0.1, -0.05) is 32.1 Å². The zero-order valence-electron chi connectivity index (χ0n) is 11.1. The molecule has 3 heteroatoms. The van der Waals surface area contributed by atoms with Gasteiger partial charge in [0.15, 0.2) is 0 Å². The molecule has 2 fully saturated rings. The quantitative estimate of drug-likeness (QED) is 0.870. The molecular formula is C15H23N3. The molecule has 3 nitrogen and oxygen atoms in total. The lowest BCUT2D eigenvalue weighted by atomic mass is 9.82. The standard InChI is InChI=1S/C15H23N3/c16-15(9-4-1-5-10-15)14-17-11-8-13(18-14)12-6-2-3-7-12/h8,11-12H,1-7,9-10,16H2. The molecule has 0 atom stereocenters. The van der Waals surface area contributed by atoms with Gasteiger partial charge in [-0.2, -0.15) is 0 Å². The van der Waals surface area contributed by atoms with Crippen LogP contribution >= 0.6 is 0 Å². The number of rotatable bonds is 2. The maximum Gasteiger partial charge on any atom is 0.148 e. The molecule has 1 aromatic heterocycles. The summed E-state index contributed by atoms with van der Waals surface area (Å²) in [7, 11) is 0. The minimum absolute atomic E-state index is 0.257. The molecule has 0 amide bonds. The monoisotopic (exact) mass is 245 g/mol. The summed E-state index contributed by atoms with van der Waals surface area (Å²) < 4.78 is 0. The lowest BCUT2D eigenvalue weighted by Crippen LogP contribution is -2.40. The van der Waals surface area contributed by atoms with Gasteiger partial charge in [-0.05, 0) is 31.7 Å². The molecule has 0 bridgehead atoms. The Hall–Kier alpha value is -0.960. The Kier molecular flexibility index (Phi) is 3.33. The van der Waals surface area contributed by atoms with Crippen LogP contribution in [-0.2, 0) is 5.54 Å². The SMILES string of the molecule is NC1(c2nccc(C3CCCC3)n2)CCCCC1. The Morgan fingerprint density at radius 3 is 2.50 bits per heavy atom. The zero-order valence-corrected chi connectivity index (χ0v) is 11.1. The average Bonchev–Trinajstić information content (AvgIpc) is 2.94. The molecule has 1 heterocycles. The van der Waals surface area contributed by atoms with E-state index in [0.717, 1.165) is 18.7 Å². The fourth-order valence-corrected chi connectivity index (χ4v) is 3.47. The van der Waals surface area contributed by atoms with Crippen molar-refractivity contribution in [2.45, 2.75) is 69.2 Å². The van der Waals surface area contributed by atoms with Crippen molar-refractivity contribution >= 4 is 0 Å². The van der Waals surface area contributed by atoms with Crippen molar-refractivity contribution in [3.63, 3.8) is 0 Å². The first-order chi connectivity index (χ1) is 8.78. The van der Waals surface area contributed by atoms with E-state index in [9.17, 15) is 0 Å². The van der Waals surface area contributed by atoms with Gasteiger partial charge in [0.2, 0.25) is 0 Å². The second kappa shape index (κ2) is 4.96. The van der Waals surface area contributed by atoms with E-state index in [2.05, 4.69) is 11.1 Å². The fourth-order valence-electron chi connectivity index (χ4n) is 3.47. The van der Waals surface area contributed by atoms with Gasteiger partial charge < -0.3 is 5.73 Å². The van der Waals surface area contributed by atoms with Crippen molar-refractivity contribution in [3.05, 3.63) is 23.8 Å². The molecule has 3 rings (SSSR count). The molecule has 0 aliphatic heterocycles. The molecule has 2 saturated carbocycles. The molecule has 2 aliphatic carbocycles. The van der Waals surface area contributed by atoms with E-state index in [1.165, 1.54) is 50.6 Å². The van der Waals surface area contributed by atoms with Gasteiger partial charge in [0.1, 0.15) is 5.82 Å². The summed E-state index contributed by atoms with van der Waals surface area (Å²) in [5.41, 5.74) is 7.50. The predicted octanol–water partition coefficient (Wildman–Crippen LogP) is 3.25. The van der Waals surface area contributed by atoms with Crippen molar-refractivity contribution in [3.8, 4) is 0 Å².